The molecular formula is C25H28N3O3+. The fraction of sp³-hybridized carbons (Fsp3) is 0.320. The van der Waals surface area contributed by atoms with Crippen LogP contribution < -0.4 is 15.0 Å². The largest absolute Gasteiger partial charge is 0.495 e. The van der Waals surface area contributed by atoms with Crippen LogP contribution in [-0.2, 0) is 11.8 Å². The number of aryl methyl sites for hydroxylation is 1. The lowest BCUT2D eigenvalue weighted by Gasteiger charge is -2.27. The fourth-order valence-corrected chi connectivity index (χ4v) is 4.99. The molecule has 2 aromatic carbocycles. The van der Waals surface area contributed by atoms with Crippen LogP contribution in [0.2, 0.25) is 0 Å². The van der Waals surface area contributed by atoms with Gasteiger partial charge in [0.05, 0.1) is 25.0 Å². The third kappa shape index (κ3) is 3.37. The summed E-state index contributed by atoms with van der Waals surface area (Å²) in [6.07, 6.45) is 4.29. The average molecular weight is 419 g/mol. The molecule has 1 unspecified atom stereocenters. The molecule has 1 aliphatic rings. The number of hydrogen-bond donors (Lipinski definition) is 2. The fourth-order valence-electron chi connectivity index (χ4n) is 4.99. The standard InChI is InChI=1S/C25H27N3O3/c1-16(28-13-7-10-21(28)20-9-6-12-27(20)2)25(29)26-19-15-23-18(14-24(19)30-3)17-8-4-5-11-22(17)31-23/h4-6,8-9,11-12,14-16,21H,7,10,13H2,1-3H3,(H,26,29)/p+1/t16-,21-/m1/s1. The number of benzene rings is 2. The van der Waals surface area contributed by atoms with E-state index >= 15 is 0 Å². The van der Waals surface area contributed by atoms with Gasteiger partial charge in [0.15, 0.2) is 6.04 Å². The van der Waals surface area contributed by atoms with Crippen molar-refractivity contribution in [3.63, 3.8) is 0 Å². The molecule has 6 nitrogen and oxygen atoms in total. The quantitative estimate of drug-likeness (QED) is 0.520. The Hall–Kier alpha value is -3.25. The Bertz CT molecular complexity index is 1260. The monoisotopic (exact) mass is 418 g/mol. The Morgan fingerprint density at radius 3 is 2.81 bits per heavy atom. The van der Waals surface area contributed by atoms with Gasteiger partial charge >= 0.3 is 0 Å². The van der Waals surface area contributed by atoms with Crippen LogP contribution in [0.15, 0.2) is 59.1 Å². The number of carbonyl (C=O) groups is 1. The van der Waals surface area contributed by atoms with Crippen LogP contribution in [-0.4, -0.2) is 30.2 Å². The first-order valence-electron chi connectivity index (χ1n) is 10.8. The molecule has 2 N–H and O–H groups in total. The van der Waals surface area contributed by atoms with Gasteiger partial charge < -0.3 is 23.9 Å². The zero-order chi connectivity index (χ0) is 21.5. The van der Waals surface area contributed by atoms with E-state index in [0.717, 1.165) is 41.3 Å². The Morgan fingerprint density at radius 1 is 1.19 bits per heavy atom. The molecule has 1 amide bonds. The molecule has 1 aliphatic heterocycles. The van der Waals surface area contributed by atoms with Crippen molar-refractivity contribution in [2.24, 2.45) is 7.05 Å². The predicted molar refractivity (Wildman–Crippen MR) is 122 cm³/mol. The number of aromatic nitrogens is 1. The number of quaternary nitrogens is 1. The number of nitrogens with zero attached hydrogens (tertiary/aromatic N) is 1. The van der Waals surface area contributed by atoms with E-state index in [9.17, 15) is 4.79 Å². The first-order valence-corrected chi connectivity index (χ1v) is 10.8. The smallest absolute Gasteiger partial charge is 0.282 e. The number of likely N-dealkylation sites (tertiary alicyclic amines) is 1. The summed E-state index contributed by atoms with van der Waals surface area (Å²) in [6.45, 7) is 3.00. The van der Waals surface area contributed by atoms with Gasteiger partial charge in [-0.25, -0.2) is 0 Å². The number of hydrogen-bond acceptors (Lipinski definition) is 3. The molecule has 3 heterocycles. The van der Waals surface area contributed by atoms with E-state index in [2.05, 4.69) is 35.3 Å². The maximum atomic E-state index is 13.3. The summed E-state index contributed by atoms with van der Waals surface area (Å²) >= 11 is 0. The van der Waals surface area contributed by atoms with Crippen molar-refractivity contribution in [2.45, 2.75) is 31.8 Å². The Balaban J connectivity index is 1.42. The zero-order valence-electron chi connectivity index (χ0n) is 18.1. The van der Waals surface area contributed by atoms with Gasteiger partial charge in [-0.05, 0) is 31.2 Å². The minimum Gasteiger partial charge on any atom is -0.495 e. The first kappa shape index (κ1) is 19.7. The van der Waals surface area contributed by atoms with Crippen LogP contribution >= 0.6 is 0 Å². The lowest BCUT2D eigenvalue weighted by Crippen LogP contribution is -3.15. The third-order valence-corrected chi connectivity index (χ3v) is 6.65. The molecule has 4 aromatic rings. The zero-order valence-corrected chi connectivity index (χ0v) is 18.1. The summed E-state index contributed by atoms with van der Waals surface area (Å²) in [6, 6.07) is 16.1. The van der Waals surface area contributed by atoms with E-state index in [1.54, 1.807) is 7.11 Å². The van der Waals surface area contributed by atoms with Crippen molar-refractivity contribution < 1.29 is 18.8 Å². The minimum atomic E-state index is -0.182. The van der Waals surface area contributed by atoms with Crippen molar-refractivity contribution in [3.8, 4) is 5.75 Å². The number of carbonyl (C=O) groups excluding carboxylic acids is 1. The molecule has 1 saturated heterocycles. The molecule has 0 saturated carbocycles. The van der Waals surface area contributed by atoms with Gasteiger partial charge in [0.25, 0.3) is 5.91 Å². The van der Waals surface area contributed by atoms with Gasteiger partial charge in [-0.2, -0.15) is 0 Å². The van der Waals surface area contributed by atoms with E-state index in [-0.39, 0.29) is 11.9 Å². The number of ether oxygens (including phenoxy) is 1. The Morgan fingerprint density at radius 2 is 2.03 bits per heavy atom. The number of rotatable bonds is 5. The van der Waals surface area contributed by atoms with E-state index in [4.69, 9.17) is 9.15 Å². The number of amides is 1. The number of anilines is 1. The molecule has 3 atom stereocenters. The van der Waals surface area contributed by atoms with Crippen molar-refractivity contribution >= 4 is 33.5 Å². The van der Waals surface area contributed by atoms with Crippen molar-refractivity contribution in [3.05, 3.63) is 60.4 Å². The van der Waals surface area contributed by atoms with E-state index < -0.39 is 0 Å². The van der Waals surface area contributed by atoms with E-state index in [0.29, 0.717) is 17.5 Å². The van der Waals surface area contributed by atoms with Gasteiger partial charge in [0, 0.05) is 42.9 Å². The van der Waals surface area contributed by atoms with Gasteiger partial charge in [0.2, 0.25) is 0 Å². The molecule has 0 bridgehead atoms. The summed E-state index contributed by atoms with van der Waals surface area (Å²) < 4.78 is 13.8. The molecule has 0 aliphatic carbocycles. The molecule has 31 heavy (non-hydrogen) atoms. The number of nitrogens with one attached hydrogen (secondary N) is 2. The van der Waals surface area contributed by atoms with Crippen molar-refractivity contribution in [2.75, 3.05) is 19.0 Å². The van der Waals surface area contributed by atoms with Crippen LogP contribution in [0.5, 0.6) is 5.75 Å². The molecule has 1 fully saturated rings. The number of para-hydroxylation sites is 1. The lowest BCUT2D eigenvalue weighted by atomic mass is 10.1. The summed E-state index contributed by atoms with van der Waals surface area (Å²) in [7, 11) is 3.70. The maximum absolute atomic E-state index is 13.3. The highest BCUT2D eigenvalue weighted by Crippen LogP contribution is 2.36. The van der Waals surface area contributed by atoms with Crippen LogP contribution in [0.4, 0.5) is 5.69 Å². The van der Waals surface area contributed by atoms with Crippen molar-refractivity contribution in [1.29, 1.82) is 0 Å². The highest BCUT2D eigenvalue weighted by Gasteiger charge is 2.38. The Labute approximate surface area is 181 Å². The highest BCUT2D eigenvalue weighted by molar-refractivity contribution is 6.08. The SMILES string of the molecule is COc1cc2c(cc1NC(=O)[C@@H](C)[NH+]1CCC[C@@H]1c1cccn1C)oc1ccccc12. The van der Waals surface area contributed by atoms with Gasteiger partial charge in [-0.15, -0.1) is 0 Å². The molecule has 2 aromatic heterocycles. The lowest BCUT2D eigenvalue weighted by molar-refractivity contribution is -0.932. The van der Waals surface area contributed by atoms with Crippen molar-refractivity contribution in [1.82, 2.24) is 4.57 Å². The summed E-state index contributed by atoms with van der Waals surface area (Å²) in [5.41, 5.74) is 3.48. The van der Waals surface area contributed by atoms with Crippen LogP contribution in [0.3, 0.4) is 0 Å². The summed E-state index contributed by atoms with van der Waals surface area (Å²) in [5.74, 6) is 0.625. The molecule has 6 heteroatoms. The Kier molecular flexibility index (Phi) is 4.94. The topological polar surface area (TPSA) is 60.8 Å². The minimum absolute atomic E-state index is 0.00938. The molecule has 160 valence electrons. The highest BCUT2D eigenvalue weighted by atomic mass is 16.5. The number of furan rings is 1. The van der Waals surface area contributed by atoms with E-state index in [1.165, 1.54) is 10.6 Å². The average Bonchev–Trinajstić information content (AvgIpc) is 3.50. The van der Waals surface area contributed by atoms with Crippen LogP contribution in [0, 0.1) is 0 Å². The van der Waals surface area contributed by atoms with Gasteiger partial charge in [-0.3, -0.25) is 4.79 Å². The first-order chi connectivity index (χ1) is 15.1. The van der Waals surface area contributed by atoms with Gasteiger partial charge in [0.1, 0.15) is 23.0 Å². The second-order valence-corrected chi connectivity index (χ2v) is 8.42. The second-order valence-electron chi connectivity index (χ2n) is 8.42. The summed E-state index contributed by atoms with van der Waals surface area (Å²) in [4.78, 5) is 14.6. The molecule has 0 radical (unpaired) electrons. The number of methoxy groups -OCH3 is 1. The van der Waals surface area contributed by atoms with E-state index in [1.807, 2.05) is 43.3 Å². The van der Waals surface area contributed by atoms with Gasteiger partial charge in [-0.1, -0.05) is 18.2 Å². The predicted octanol–water partition coefficient (Wildman–Crippen LogP) is 3.68. The third-order valence-electron chi connectivity index (χ3n) is 6.65. The van der Waals surface area contributed by atoms with Crippen LogP contribution in [0.1, 0.15) is 31.5 Å². The maximum Gasteiger partial charge on any atom is 0.282 e. The molecule has 0 spiro atoms. The molecular weight excluding hydrogens is 390 g/mol. The normalized spacial score (nSPS) is 19.7. The summed E-state index contributed by atoms with van der Waals surface area (Å²) in [5, 5.41) is 5.12. The van der Waals surface area contributed by atoms with Crippen LogP contribution in [0.25, 0.3) is 21.9 Å². The number of fused-ring (bicyclic) bond motifs is 3. The second kappa shape index (κ2) is 7.78. The molecule has 5 rings (SSSR count).